The quantitative estimate of drug-likeness (QED) is 0.525. The molecule has 0 aliphatic carbocycles. The van der Waals surface area contributed by atoms with E-state index in [9.17, 15) is 0 Å². The van der Waals surface area contributed by atoms with Gasteiger partial charge in [-0.05, 0) is 40.7 Å². The highest BCUT2D eigenvalue weighted by Crippen LogP contribution is 2.41. The molecule has 0 bridgehead atoms. The molecule has 2 aliphatic heterocycles. The Hall–Kier alpha value is -0.0800. The number of piperidine rings is 1. The maximum atomic E-state index is 2.62. The second-order valence-corrected chi connectivity index (χ2v) is 5.74. The fourth-order valence-corrected chi connectivity index (χ4v) is 2.54. The zero-order valence-corrected chi connectivity index (χ0v) is 9.43. The van der Waals surface area contributed by atoms with Gasteiger partial charge in [0.15, 0.2) is 0 Å². The summed E-state index contributed by atoms with van der Waals surface area (Å²) in [5.74, 6) is 0. The van der Waals surface area contributed by atoms with E-state index < -0.39 is 0 Å². The molecule has 1 unspecified atom stereocenters. The smallest absolute Gasteiger partial charge is 0.0358 e. The third-order valence-corrected chi connectivity index (χ3v) is 3.88. The zero-order chi connectivity index (χ0) is 9.69. The topological polar surface area (TPSA) is 6.25 Å². The maximum absolute atomic E-state index is 2.62. The van der Waals surface area contributed by atoms with Crippen molar-refractivity contribution < 1.29 is 0 Å². The van der Waals surface area contributed by atoms with Crippen LogP contribution in [-0.4, -0.2) is 47.6 Å². The molecule has 0 saturated carbocycles. The Kier molecular flexibility index (Phi) is 1.97. The van der Waals surface area contributed by atoms with E-state index in [1.807, 2.05) is 0 Å². The molecule has 1 atom stereocenters. The lowest BCUT2D eigenvalue weighted by molar-refractivity contribution is 0.0886. The Morgan fingerprint density at radius 1 is 1.08 bits per heavy atom. The Labute approximate surface area is 81.9 Å². The van der Waals surface area contributed by atoms with Crippen LogP contribution in [0.4, 0.5) is 0 Å². The van der Waals surface area contributed by atoms with Gasteiger partial charge in [-0.3, -0.25) is 9.80 Å². The van der Waals surface area contributed by atoms with Gasteiger partial charge in [0.25, 0.3) is 0 Å². The van der Waals surface area contributed by atoms with Crippen LogP contribution in [-0.2, 0) is 0 Å². The molecular formula is C11H22N2. The van der Waals surface area contributed by atoms with Crippen LogP contribution in [0.1, 0.15) is 33.6 Å². The summed E-state index contributed by atoms with van der Waals surface area (Å²) >= 11 is 0. The SMILES string of the molecule is CN1CC12CCN(C(C)(C)C)CC2. The highest BCUT2D eigenvalue weighted by atomic mass is 15.4. The highest BCUT2D eigenvalue weighted by Gasteiger charge is 2.51. The maximum Gasteiger partial charge on any atom is 0.0358 e. The first-order chi connectivity index (χ1) is 5.94. The third-order valence-electron chi connectivity index (χ3n) is 3.88. The second kappa shape index (κ2) is 2.71. The van der Waals surface area contributed by atoms with Gasteiger partial charge in [0.2, 0.25) is 0 Å². The number of hydrogen-bond acceptors (Lipinski definition) is 2. The van der Waals surface area contributed by atoms with Crippen LogP contribution >= 0.6 is 0 Å². The molecule has 0 radical (unpaired) electrons. The van der Waals surface area contributed by atoms with E-state index in [2.05, 4.69) is 37.6 Å². The van der Waals surface area contributed by atoms with Gasteiger partial charge in [-0.15, -0.1) is 0 Å². The normalized spacial score (nSPS) is 33.7. The van der Waals surface area contributed by atoms with Crippen LogP contribution in [0, 0.1) is 0 Å². The minimum Gasteiger partial charge on any atom is -0.298 e. The molecule has 0 N–H and O–H groups in total. The summed E-state index contributed by atoms with van der Waals surface area (Å²) in [7, 11) is 2.26. The largest absolute Gasteiger partial charge is 0.298 e. The van der Waals surface area contributed by atoms with E-state index in [0.717, 1.165) is 0 Å². The highest BCUT2D eigenvalue weighted by molar-refractivity contribution is 5.08. The Morgan fingerprint density at radius 2 is 1.54 bits per heavy atom. The van der Waals surface area contributed by atoms with Crippen molar-refractivity contribution in [1.82, 2.24) is 9.80 Å². The van der Waals surface area contributed by atoms with Gasteiger partial charge in [0, 0.05) is 30.7 Å². The lowest BCUT2D eigenvalue weighted by Crippen LogP contribution is -2.48. The van der Waals surface area contributed by atoms with Crippen molar-refractivity contribution in [2.24, 2.45) is 0 Å². The number of likely N-dealkylation sites (tertiary alicyclic amines) is 1. The van der Waals surface area contributed by atoms with Crippen molar-refractivity contribution in [3.05, 3.63) is 0 Å². The summed E-state index contributed by atoms with van der Waals surface area (Å²) in [5, 5.41) is 0. The molecule has 2 fully saturated rings. The summed E-state index contributed by atoms with van der Waals surface area (Å²) in [6.45, 7) is 10.9. The average Bonchev–Trinajstić information content (AvgIpc) is 2.60. The van der Waals surface area contributed by atoms with E-state index in [0.29, 0.717) is 11.1 Å². The lowest BCUT2D eigenvalue weighted by atomic mass is 9.93. The van der Waals surface area contributed by atoms with E-state index in [1.165, 1.54) is 32.5 Å². The molecule has 2 heterocycles. The molecule has 13 heavy (non-hydrogen) atoms. The van der Waals surface area contributed by atoms with E-state index in [4.69, 9.17) is 0 Å². The lowest BCUT2D eigenvalue weighted by Gasteiger charge is -2.41. The molecule has 2 nitrogen and oxygen atoms in total. The van der Waals surface area contributed by atoms with Crippen LogP contribution in [0.25, 0.3) is 0 Å². The van der Waals surface area contributed by atoms with Gasteiger partial charge < -0.3 is 0 Å². The van der Waals surface area contributed by atoms with Crippen LogP contribution in [0.2, 0.25) is 0 Å². The summed E-state index contributed by atoms with van der Waals surface area (Å²) in [5.41, 5.74) is 0.997. The summed E-state index contributed by atoms with van der Waals surface area (Å²) in [4.78, 5) is 5.12. The van der Waals surface area contributed by atoms with Crippen LogP contribution < -0.4 is 0 Å². The fourth-order valence-electron chi connectivity index (χ4n) is 2.54. The number of nitrogens with zero attached hydrogens (tertiary/aromatic N) is 2. The molecule has 2 aliphatic rings. The fraction of sp³-hybridized carbons (Fsp3) is 1.00. The Balaban J connectivity index is 1.90. The van der Waals surface area contributed by atoms with Gasteiger partial charge in [-0.2, -0.15) is 0 Å². The monoisotopic (exact) mass is 182 g/mol. The van der Waals surface area contributed by atoms with E-state index >= 15 is 0 Å². The summed E-state index contributed by atoms with van der Waals surface area (Å²) < 4.78 is 0. The van der Waals surface area contributed by atoms with Crippen molar-refractivity contribution >= 4 is 0 Å². The van der Waals surface area contributed by atoms with Crippen molar-refractivity contribution in [3.8, 4) is 0 Å². The predicted molar refractivity (Wildman–Crippen MR) is 55.9 cm³/mol. The van der Waals surface area contributed by atoms with Gasteiger partial charge in [0.05, 0.1) is 0 Å². The molecule has 2 heteroatoms. The molecule has 0 aromatic heterocycles. The predicted octanol–water partition coefficient (Wildman–Crippen LogP) is 1.56. The molecule has 1 spiro atoms. The van der Waals surface area contributed by atoms with Gasteiger partial charge >= 0.3 is 0 Å². The van der Waals surface area contributed by atoms with E-state index in [-0.39, 0.29) is 0 Å². The molecule has 0 aromatic rings. The van der Waals surface area contributed by atoms with Crippen molar-refractivity contribution in [3.63, 3.8) is 0 Å². The molecule has 76 valence electrons. The van der Waals surface area contributed by atoms with Gasteiger partial charge in [-0.1, -0.05) is 0 Å². The number of hydrogen-bond donors (Lipinski definition) is 0. The first-order valence-corrected chi connectivity index (χ1v) is 5.40. The zero-order valence-electron chi connectivity index (χ0n) is 9.43. The second-order valence-electron chi connectivity index (χ2n) is 5.74. The Morgan fingerprint density at radius 3 is 1.85 bits per heavy atom. The first-order valence-electron chi connectivity index (χ1n) is 5.40. The molecule has 0 aromatic carbocycles. The van der Waals surface area contributed by atoms with E-state index in [1.54, 1.807) is 0 Å². The Bertz CT molecular complexity index is 197. The summed E-state index contributed by atoms with van der Waals surface area (Å²) in [6, 6.07) is 0. The van der Waals surface area contributed by atoms with Crippen LogP contribution in [0.3, 0.4) is 0 Å². The number of rotatable bonds is 0. The van der Waals surface area contributed by atoms with Crippen molar-refractivity contribution in [2.45, 2.75) is 44.7 Å². The summed E-state index contributed by atoms with van der Waals surface area (Å²) in [6.07, 6.45) is 2.75. The van der Waals surface area contributed by atoms with Crippen molar-refractivity contribution in [2.75, 3.05) is 26.7 Å². The minimum atomic E-state index is 0.370. The molecular weight excluding hydrogens is 160 g/mol. The first kappa shape index (κ1) is 9.47. The third kappa shape index (κ3) is 1.62. The molecule has 2 saturated heterocycles. The van der Waals surface area contributed by atoms with Crippen LogP contribution in [0.15, 0.2) is 0 Å². The van der Waals surface area contributed by atoms with Crippen molar-refractivity contribution in [1.29, 1.82) is 0 Å². The standard InChI is InChI=1S/C11H22N2/c1-10(2,3)13-7-5-11(6-8-13)9-12(11)4/h5-9H2,1-4H3. The van der Waals surface area contributed by atoms with Crippen LogP contribution in [0.5, 0.6) is 0 Å². The molecule has 0 amide bonds. The minimum absolute atomic E-state index is 0.370. The average molecular weight is 182 g/mol. The molecule has 2 rings (SSSR count). The van der Waals surface area contributed by atoms with Gasteiger partial charge in [-0.25, -0.2) is 0 Å². The van der Waals surface area contributed by atoms with Gasteiger partial charge in [0.1, 0.15) is 0 Å². The number of likely N-dealkylation sites (N-methyl/N-ethyl adjacent to an activating group) is 1.